The smallest absolute Gasteiger partial charge is 0.231 e. The summed E-state index contributed by atoms with van der Waals surface area (Å²) in [6, 6.07) is 13.9. The molecule has 25 heavy (non-hydrogen) atoms. The van der Waals surface area contributed by atoms with E-state index in [1.165, 1.54) is 11.5 Å². The maximum Gasteiger partial charge on any atom is 0.231 e. The minimum atomic E-state index is 0.288. The molecular weight excluding hydrogens is 338 g/mol. The van der Waals surface area contributed by atoms with Crippen molar-refractivity contribution in [2.45, 2.75) is 13.0 Å². The number of anilines is 1. The molecule has 1 aromatic heterocycles. The summed E-state index contributed by atoms with van der Waals surface area (Å²) in [5, 5.41) is 4.11. The maximum absolute atomic E-state index is 5.39. The Morgan fingerprint density at radius 2 is 2.04 bits per heavy atom. The molecular formula is C18H17N3O3S. The van der Waals surface area contributed by atoms with Gasteiger partial charge in [-0.25, -0.2) is 4.98 Å². The highest BCUT2D eigenvalue weighted by Crippen LogP contribution is 2.32. The second-order valence-electron chi connectivity index (χ2n) is 5.59. The van der Waals surface area contributed by atoms with Crippen LogP contribution in [0, 0.1) is 0 Å². The molecule has 1 aliphatic heterocycles. The van der Waals surface area contributed by atoms with E-state index in [9.17, 15) is 0 Å². The van der Waals surface area contributed by atoms with Crippen LogP contribution in [0.1, 0.15) is 17.0 Å². The lowest BCUT2D eigenvalue weighted by molar-refractivity contribution is 0.174. The minimum Gasteiger partial charge on any atom is -0.497 e. The van der Waals surface area contributed by atoms with Crippen LogP contribution in [0.2, 0.25) is 0 Å². The summed E-state index contributed by atoms with van der Waals surface area (Å²) in [4.78, 5) is 4.55. The highest BCUT2D eigenvalue weighted by Gasteiger charge is 2.13. The van der Waals surface area contributed by atoms with Crippen LogP contribution in [0.3, 0.4) is 0 Å². The Labute approximate surface area is 149 Å². The van der Waals surface area contributed by atoms with Gasteiger partial charge >= 0.3 is 0 Å². The van der Waals surface area contributed by atoms with E-state index in [-0.39, 0.29) is 6.79 Å². The molecule has 2 heterocycles. The lowest BCUT2D eigenvalue weighted by atomic mass is 10.1. The Bertz CT molecular complexity index is 882. The molecule has 0 saturated heterocycles. The molecule has 7 heteroatoms. The Kier molecular flexibility index (Phi) is 4.39. The highest BCUT2D eigenvalue weighted by atomic mass is 32.1. The van der Waals surface area contributed by atoms with Crippen LogP contribution in [-0.4, -0.2) is 23.3 Å². The Morgan fingerprint density at radius 3 is 2.96 bits per heavy atom. The van der Waals surface area contributed by atoms with Gasteiger partial charge in [-0.05, 0) is 35.4 Å². The van der Waals surface area contributed by atoms with E-state index < -0.39 is 0 Å². The van der Waals surface area contributed by atoms with Crippen LogP contribution < -0.4 is 19.5 Å². The van der Waals surface area contributed by atoms with E-state index in [2.05, 4.69) is 14.7 Å². The molecule has 0 spiro atoms. The lowest BCUT2D eigenvalue weighted by Gasteiger charge is -2.04. The third kappa shape index (κ3) is 3.66. The van der Waals surface area contributed by atoms with Crippen molar-refractivity contribution in [3.8, 4) is 17.2 Å². The monoisotopic (exact) mass is 355 g/mol. The van der Waals surface area contributed by atoms with Crippen LogP contribution in [0.15, 0.2) is 42.5 Å². The average Bonchev–Trinajstić information content (AvgIpc) is 3.28. The van der Waals surface area contributed by atoms with Gasteiger partial charge in [-0.1, -0.05) is 18.2 Å². The van der Waals surface area contributed by atoms with Gasteiger partial charge in [0, 0.05) is 24.5 Å². The molecule has 128 valence electrons. The molecule has 2 aromatic carbocycles. The molecule has 0 atom stereocenters. The fourth-order valence-corrected chi connectivity index (χ4v) is 3.17. The number of benzene rings is 2. The summed E-state index contributed by atoms with van der Waals surface area (Å²) in [6.07, 6.45) is 0.680. The molecule has 0 aliphatic carbocycles. The molecule has 1 N–H and O–H groups in total. The number of hydrogen-bond acceptors (Lipinski definition) is 7. The second kappa shape index (κ2) is 6.98. The van der Waals surface area contributed by atoms with E-state index in [0.717, 1.165) is 39.3 Å². The van der Waals surface area contributed by atoms with Crippen LogP contribution in [-0.2, 0) is 13.0 Å². The van der Waals surface area contributed by atoms with Gasteiger partial charge in [0.2, 0.25) is 11.9 Å². The van der Waals surface area contributed by atoms with E-state index in [1.807, 2.05) is 42.5 Å². The first-order valence-electron chi connectivity index (χ1n) is 7.88. The Hall–Kier alpha value is -2.80. The first-order valence-corrected chi connectivity index (χ1v) is 8.65. The predicted molar refractivity (Wildman–Crippen MR) is 95.6 cm³/mol. The molecule has 0 saturated carbocycles. The van der Waals surface area contributed by atoms with Crippen LogP contribution in [0.4, 0.5) is 5.13 Å². The highest BCUT2D eigenvalue weighted by molar-refractivity contribution is 7.09. The van der Waals surface area contributed by atoms with Gasteiger partial charge in [-0.2, -0.15) is 4.37 Å². The predicted octanol–water partition coefficient (Wildman–Crippen LogP) is 3.48. The summed E-state index contributed by atoms with van der Waals surface area (Å²) >= 11 is 1.36. The zero-order valence-corrected chi connectivity index (χ0v) is 14.5. The van der Waals surface area contributed by atoms with Gasteiger partial charge in [0.05, 0.1) is 7.11 Å². The van der Waals surface area contributed by atoms with Crippen molar-refractivity contribution in [2.24, 2.45) is 0 Å². The number of ether oxygens (including phenoxy) is 3. The van der Waals surface area contributed by atoms with Crippen molar-refractivity contribution < 1.29 is 14.2 Å². The number of rotatable bonds is 6. The third-order valence-corrected chi connectivity index (χ3v) is 4.56. The summed E-state index contributed by atoms with van der Waals surface area (Å²) in [5.41, 5.74) is 2.23. The molecule has 0 unspecified atom stereocenters. The molecule has 0 fully saturated rings. The number of nitrogens with zero attached hydrogens (tertiary/aromatic N) is 2. The van der Waals surface area contributed by atoms with Gasteiger partial charge in [-0.15, -0.1) is 0 Å². The van der Waals surface area contributed by atoms with Crippen molar-refractivity contribution in [3.05, 3.63) is 59.4 Å². The molecule has 0 amide bonds. The minimum absolute atomic E-state index is 0.288. The summed E-state index contributed by atoms with van der Waals surface area (Å²) in [7, 11) is 1.67. The fourth-order valence-electron chi connectivity index (χ4n) is 2.59. The summed E-state index contributed by atoms with van der Waals surface area (Å²) < 4.78 is 20.4. The third-order valence-electron chi connectivity index (χ3n) is 3.85. The Balaban J connectivity index is 1.38. The van der Waals surface area contributed by atoms with Gasteiger partial charge in [0.15, 0.2) is 11.5 Å². The van der Waals surface area contributed by atoms with Crippen LogP contribution >= 0.6 is 11.5 Å². The van der Waals surface area contributed by atoms with Crippen molar-refractivity contribution >= 4 is 16.7 Å². The first-order chi connectivity index (χ1) is 12.3. The molecule has 3 aromatic rings. The SMILES string of the molecule is COc1cccc(Cc2nsc(NCc3ccc4c(c3)OCO4)n2)c1. The lowest BCUT2D eigenvalue weighted by Crippen LogP contribution is -1.99. The largest absolute Gasteiger partial charge is 0.497 e. The van der Waals surface area contributed by atoms with Crippen molar-refractivity contribution in [1.82, 2.24) is 9.36 Å². The maximum atomic E-state index is 5.39. The number of fused-ring (bicyclic) bond motifs is 1. The molecule has 1 aliphatic rings. The molecule has 0 radical (unpaired) electrons. The van der Waals surface area contributed by atoms with Crippen LogP contribution in [0.5, 0.6) is 17.2 Å². The molecule has 4 rings (SSSR count). The van der Waals surface area contributed by atoms with E-state index in [4.69, 9.17) is 14.2 Å². The number of nitrogens with one attached hydrogen (secondary N) is 1. The van der Waals surface area contributed by atoms with E-state index >= 15 is 0 Å². The molecule has 6 nitrogen and oxygen atoms in total. The van der Waals surface area contributed by atoms with Gasteiger partial charge in [0.25, 0.3) is 0 Å². The zero-order chi connectivity index (χ0) is 17.1. The topological polar surface area (TPSA) is 65.5 Å². The van der Waals surface area contributed by atoms with Gasteiger partial charge < -0.3 is 19.5 Å². The first kappa shape index (κ1) is 15.7. The quantitative estimate of drug-likeness (QED) is 0.730. The molecule has 0 bridgehead atoms. The standard InChI is InChI=1S/C18H17N3O3S/c1-22-14-4-2-3-12(7-14)9-17-20-18(25-21-17)19-10-13-5-6-15-16(8-13)24-11-23-15/h2-8H,9-11H2,1H3,(H,19,20,21). The second-order valence-corrected chi connectivity index (χ2v) is 6.34. The van der Waals surface area contributed by atoms with Crippen molar-refractivity contribution in [2.75, 3.05) is 19.2 Å². The number of hydrogen-bond donors (Lipinski definition) is 1. The van der Waals surface area contributed by atoms with Gasteiger partial charge in [0.1, 0.15) is 11.6 Å². The summed E-state index contributed by atoms with van der Waals surface area (Å²) in [6.45, 7) is 0.945. The number of aromatic nitrogens is 2. The summed E-state index contributed by atoms with van der Waals surface area (Å²) in [5.74, 6) is 3.22. The normalized spacial score (nSPS) is 12.2. The van der Waals surface area contributed by atoms with Crippen molar-refractivity contribution in [3.63, 3.8) is 0 Å². The zero-order valence-electron chi connectivity index (χ0n) is 13.7. The van der Waals surface area contributed by atoms with Crippen molar-refractivity contribution in [1.29, 1.82) is 0 Å². The van der Waals surface area contributed by atoms with E-state index in [0.29, 0.717) is 13.0 Å². The van der Waals surface area contributed by atoms with E-state index in [1.54, 1.807) is 7.11 Å². The fraction of sp³-hybridized carbons (Fsp3) is 0.222. The van der Waals surface area contributed by atoms with Crippen LogP contribution in [0.25, 0.3) is 0 Å². The number of methoxy groups -OCH3 is 1. The Morgan fingerprint density at radius 1 is 1.12 bits per heavy atom. The van der Waals surface area contributed by atoms with Gasteiger partial charge in [-0.3, -0.25) is 0 Å². The average molecular weight is 355 g/mol.